The number of carbonyl (C=O) groups is 2. The largest absolute Gasteiger partial charge is 0.496 e. The molecule has 3 aromatic rings. The van der Waals surface area contributed by atoms with Crippen LogP contribution in [0.1, 0.15) is 16.9 Å². The number of benzene rings is 2. The topological polar surface area (TPSA) is 102 Å². The Balaban J connectivity index is 1.58. The highest BCUT2D eigenvalue weighted by Crippen LogP contribution is 2.26. The number of nitriles is 1. The molecule has 0 aliphatic carbocycles. The lowest BCUT2D eigenvalue weighted by Crippen LogP contribution is -2.23. The second-order valence-corrected chi connectivity index (χ2v) is 7.50. The number of halogens is 1. The molecule has 0 spiro atoms. The second kappa shape index (κ2) is 11.5. The minimum absolute atomic E-state index is 0.0557. The van der Waals surface area contributed by atoms with E-state index in [0.29, 0.717) is 22.8 Å². The summed E-state index contributed by atoms with van der Waals surface area (Å²) >= 11 is 3.39. The third-order valence-corrected chi connectivity index (χ3v) is 4.99. The molecule has 0 radical (unpaired) electrons. The molecule has 0 aliphatic rings. The fraction of sp³-hybridized carbons (Fsp3) is 0.0800. The van der Waals surface area contributed by atoms with Gasteiger partial charge in [0, 0.05) is 6.08 Å². The SMILES string of the molecule is COc1ccc(/C=C/C(=O)Oc2ccc(/C=C(\C#N)C(=O)NCc3ccco3)cc2)cc1Br. The average molecular weight is 507 g/mol. The molecule has 7 nitrogen and oxygen atoms in total. The van der Waals surface area contributed by atoms with Crippen LogP contribution in [0.15, 0.2) is 81.4 Å². The van der Waals surface area contributed by atoms with Gasteiger partial charge in [-0.15, -0.1) is 0 Å². The number of ether oxygens (including phenoxy) is 2. The molecule has 1 heterocycles. The molecular formula is C25H19BrN2O5. The Hall–Kier alpha value is -4.09. The van der Waals surface area contributed by atoms with Gasteiger partial charge in [-0.05, 0) is 75.6 Å². The molecule has 0 saturated carbocycles. The van der Waals surface area contributed by atoms with E-state index in [0.717, 1.165) is 10.0 Å². The van der Waals surface area contributed by atoms with Crippen LogP contribution in [-0.2, 0) is 16.1 Å². The smallest absolute Gasteiger partial charge is 0.336 e. The normalized spacial score (nSPS) is 11.1. The quantitative estimate of drug-likeness (QED) is 0.202. The first-order chi connectivity index (χ1) is 16.0. The third kappa shape index (κ3) is 6.95. The fourth-order valence-corrected chi connectivity index (χ4v) is 3.28. The van der Waals surface area contributed by atoms with Gasteiger partial charge in [-0.2, -0.15) is 5.26 Å². The van der Waals surface area contributed by atoms with E-state index < -0.39 is 11.9 Å². The first-order valence-electron chi connectivity index (χ1n) is 9.74. The van der Waals surface area contributed by atoms with Crippen molar-refractivity contribution in [2.75, 3.05) is 7.11 Å². The molecule has 0 unspecified atom stereocenters. The molecule has 0 atom stereocenters. The molecule has 8 heteroatoms. The monoisotopic (exact) mass is 506 g/mol. The standard InChI is InChI=1S/C25H19BrN2O5/c1-31-23-10-6-18(14-22(23)26)7-11-24(29)33-20-8-4-17(5-9-20)13-19(15-27)25(30)28-16-21-3-2-12-32-21/h2-14H,16H2,1H3,(H,28,30)/b11-7+,19-13+. The minimum Gasteiger partial charge on any atom is -0.496 e. The van der Waals surface area contributed by atoms with Crippen molar-refractivity contribution >= 4 is 40.0 Å². The van der Waals surface area contributed by atoms with E-state index >= 15 is 0 Å². The predicted octanol–water partition coefficient (Wildman–Crippen LogP) is 4.89. The van der Waals surface area contributed by atoms with E-state index in [2.05, 4.69) is 21.2 Å². The zero-order valence-electron chi connectivity index (χ0n) is 17.6. The van der Waals surface area contributed by atoms with E-state index in [9.17, 15) is 14.9 Å². The Morgan fingerprint density at radius 3 is 2.55 bits per heavy atom. The van der Waals surface area contributed by atoms with Crippen LogP contribution in [0.3, 0.4) is 0 Å². The number of hydrogen-bond donors (Lipinski definition) is 1. The van der Waals surface area contributed by atoms with Gasteiger partial charge in [-0.25, -0.2) is 4.79 Å². The molecular weight excluding hydrogens is 488 g/mol. The Bertz CT molecular complexity index is 1220. The summed E-state index contributed by atoms with van der Waals surface area (Å²) in [7, 11) is 1.58. The molecule has 0 bridgehead atoms. The van der Waals surface area contributed by atoms with Gasteiger partial charge in [-0.3, -0.25) is 4.79 Å². The number of carbonyl (C=O) groups excluding carboxylic acids is 2. The van der Waals surface area contributed by atoms with Crippen molar-refractivity contribution in [2.24, 2.45) is 0 Å². The number of furan rings is 1. The van der Waals surface area contributed by atoms with Crippen molar-refractivity contribution in [1.29, 1.82) is 5.26 Å². The summed E-state index contributed by atoms with van der Waals surface area (Å²) < 4.78 is 16.4. The van der Waals surface area contributed by atoms with E-state index in [1.165, 1.54) is 18.4 Å². The lowest BCUT2D eigenvalue weighted by Gasteiger charge is -2.04. The van der Waals surface area contributed by atoms with Crippen LogP contribution >= 0.6 is 15.9 Å². The Labute approximate surface area is 199 Å². The zero-order valence-corrected chi connectivity index (χ0v) is 19.2. The second-order valence-electron chi connectivity index (χ2n) is 6.65. The number of rotatable bonds is 8. The molecule has 3 rings (SSSR count). The average Bonchev–Trinajstić information content (AvgIpc) is 3.34. The van der Waals surface area contributed by atoms with Crippen LogP contribution in [0.4, 0.5) is 0 Å². The van der Waals surface area contributed by atoms with Crippen molar-refractivity contribution in [3.63, 3.8) is 0 Å². The van der Waals surface area contributed by atoms with Crippen molar-refractivity contribution in [2.45, 2.75) is 6.54 Å². The maximum absolute atomic E-state index is 12.2. The van der Waals surface area contributed by atoms with Crippen molar-refractivity contribution < 1.29 is 23.5 Å². The van der Waals surface area contributed by atoms with Crippen LogP contribution in [0.25, 0.3) is 12.2 Å². The molecule has 0 aliphatic heterocycles. The van der Waals surface area contributed by atoms with Crippen LogP contribution < -0.4 is 14.8 Å². The molecule has 2 aromatic carbocycles. The minimum atomic E-state index is -0.541. The van der Waals surface area contributed by atoms with Crippen LogP contribution in [0.5, 0.6) is 11.5 Å². The Kier molecular flexibility index (Phi) is 8.22. The molecule has 1 N–H and O–H groups in total. The highest BCUT2D eigenvalue weighted by atomic mass is 79.9. The van der Waals surface area contributed by atoms with Crippen molar-refractivity contribution in [3.05, 3.63) is 93.9 Å². The van der Waals surface area contributed by atoms with Crippen molar-refractivity contribution in [3.8, 4) is 17.6 Å². The van der Waals surface area contributed by atoms with Crippen LogP contribution in [-0.4, -0.2) is 19.0 Å². The number of methoxy groups -OCH3 is 1. The van der Waals surface area contributed by atoms with E-state index in [4.69, 9.17) is 13.9 Å². The van der Waals surface area contributed by atoms with Gasteiger partial charge in [0.1, 0.15) is 28.9 Å². The molecule has 33 heavy (non-hydrogen) atoms. The summed E-state index contributed by atoms with van der Waals surface area (Å²) in [5.41, 5.74) is 1.35. The highest BCUT2D eigenvalue weighted by Gasteiger charge is 2.10. The first kappa shape index (κ1) is 23.6. The fourth-order valence-electron chi connectivity index (χ4n) is 2.72. The molecule has 1 aromatic heterocycles. The number of nitrogens with one attached hydrogen (secondary N) is 1. The van der Waals surface area contributed by atoms with Gasteiger partial charge in [0.15, 0.2) is 0 Å². The lowest BCUT2D eigenvalue weighted by molar-refractivity contribution is -0.128. The number of esters is 1. The maximum atomic E-state index is 12.2. The highest BCUT2D eigenvalue weighted by molar-refractivity contribution is 9.10. The first-order valence-corrected chi connectivity index (χ1v) is 10.5. The summed E-state index contributed by atoms with van der Waals surface area (Å²) in [4.78, 5) is 24.3. The number of amides is 1. The van der Waals surface area contributed by atoms with Gasteiger partial charge >= 0.3 is 5.97 Å². The third-order valence-electron chi connectivity index (χ3n) is 4.37. The number of nitrogens with zero attached hydrogens (tertiary/aromatic N) is 1. The maximum Gasteiger partial charge on any atom is 0.336 e. The molecule has 0 saturated heterocycles. The van der Waals surface area contributed by atoms with Gasteiger partial charge in [0.2, 0.25) is 0 Å². The molecule has 0 fully saturated rings. The zero-order chi connectivity index (χ0) is 23.6. The molecule has 1 amide bonds. The van der Waals surface area contributed by atoms with E-state index in [-0.39, 0.29) is 12.1 Å². The van der Waals surface area contributed by atoms with Crippen LogP contribution in [0, 0.1) is 11.3 Å². The predicted molar refractivity (Wildman–Crippen MR) is 126 cm³/mol. The summed E-state index contributed by atoms with van der Waals surface area (Å²) in [6.07, 6.45) is 5.90. The van der Waals surface area contributed by atoms with E-state index in [1.807, 2.05) is 18.2 Å². The Morgan fingerprint density at radius 1 is 1.15 bits per heavy atom. The van der Waals surface area contributed by atoms with Crippen LogP contribution in [0.2, 0.25) is 0 Å². The van der Waals surface area contributed by atoms with Gasteiger partial charge < -0.3 is 19.2 Å². The summed E-state index contributed by atoms with van der Waals surface area (Å²) in [5, 5.41) is 11.9. The lowest BCUT2D eigenvalue weighted by atomic mass is 10.1. The van der Waals surface area contributed by atoms with E-state index in [1.54, 1.807) is 55.7 Å². The van der Waals surface area contributed by atoms with Gasteiger partial charge in [-0.1, -0.05) is 18.2 Å². The summed E-state index contributed by atoms with van der Waals surface area (Å²) in [5.74, 6) is 0.553. The van der Waals surface area contributed by atoms with Crippen molar-refractivity contribution in [1.82, 2.24) is 5.32 Å². The van der Waals surface area contributed by atoms with Gasteiger partial charge in [0.05, 0.1) is 24.4 Å². The summed E-state index contributed by atoms with van der Waals surface area (Å²) in [6, 6.07) is 17.2. The molecule has 166 valence electrons. The van der Waals surface area contributed by atoms with Gasteiger partial charge in [0.25, 0.3) is 5.91 Å². The number of hydrogen-bond acceptors (Lipinski definition) is 6. The summed E-state index contributed by atoms with van der Waals surface area (Å²) in [6.45, 7) is 0.181. The Morgan fingerprint density at radius 2 is 1.91 bits per heavy atom.